The van der Waals surface area contributed by atoms with Gasteiger partial charge in [-0.1, -0.05) is 18.2 Å². The van der Waals surface area contributed by atoms with E-state index in [-0.39, 0.29) is 24.7 Å². The fourth-order valence-corrected chi connectivity index (χ4v) is 2.83. The topological polar surface area (TPSA) is 121 Å². The van der Waals surface area contributed by atoms with Gasteiger partial charge in [0.1, 0.15) is 5.75 Å². The Labute approximate surface area is 175 Å². The smallest absolute Gasteiger partial charge is 0.355 e. The van der Waals surface area contributed by atoms with Gasteiger partial charge in [-0.05, 0) is 29.8 Å². The van der Waals surface area contributed by atoms with Gasteiger partial charge in [0.2, 0.25) is 11.8 Å². The molecule has 10 nitrogen and oxygen atoms in total. The molecule has 3 aromatic rings. The van der Waals surface area contributed by atoms with Crippen LogP contribution in [-0.4, -0.2) is 26.2 Å². The van der Waals surface area contributed by atoms with Gasteiger partial charge >= 0.3 is 17.1 Å². The van der Waals surface area contributed by atoms with E-state index < -0.39 is 27.8 Å². The zero-order valence-corrected chi connectivity index (χ0v) is 16.4. The van der Waals surface area contributed by atoms with Crippen LogP contribution in [0, 0.1) is 15.9 Å². The first-order valence-corrected chi connectivity index (χ1v) is 9.00. The molecule has 0 aliphatic rings. The van der Waals surface area contributed by atoms with Crippen LogP contribution in [0.2, 0.25) is 0 Å². The summed E-state index contributed by atoms with van der Waals surface area (Å²) in [6, 6.07) is 10.00. The van der Waals surface area contributed by atoms with Crippen molar-refractivity contribution in [2.45, 2.75) is 13.1 Å². The molecule has 3 rings (SSSR count). The van der Waals surface area contributed by atoms with Gasteiger partial charge in [-0.15, -0.1) is 6.58 Å². The number of benzene rings is 2. The summed E-state index contributed by atoms with van der Waals surface area (Å²) >= 11 is 0. The molecular weight excluding hydrogens is 409 g/mol. The monoisotopic (exact) mass is 427 g/mol. The number of nitro benzene ring substituents is 1. The number of methoxy groups -OCH3 is 1. The van der Waals surface area contributed by atoms with Gasteiger partial charge in [0.05, 0.1) is 25.1 Å². The van der Waals surface area contributed by atoms with Gasteiger partial charge in [-0.25, -0.2) is 14.2 Å². The number of hydrogen-bond donors (Lipinski definition) is 1. The zero-order valence-electron chi connectivity index (χ0n) is 16.4. The number of aromatic nitrogens is 3. The average molecular weight is 427 g/mol. The Hall–Kier alpha value is -4.28. The Morgan fingerprint density at radius 1 is 1.23 bits per heavy atom. The van der Waals surface area contributed by atoms with E-state index in [1.807, 2.05) is 0 Å². The molecule has 0 radical (unpaired) electrons. The fraction of sp³-hybridized carbons (Fsp3) is 0.150. The largest absolute Gasteiger partial charge is 0.497 e. The molecule has 0 fully saturated rings. The van der Waals surface area contributed by atoms with Gasteiger partial charge in [0, 0.05) is 11.8 Å². The van der Waals surface area contributed by atoms with Crippen molar-refractivity contribution in [1.29, 1.82) is 0 Å². The second-order valence-electron chi connectivity index (χ2n) is 6.38. The summed E-state index contributed by atoms with van der Waals surface area (Å²) in [5, 5.41) is 13.7. The van der Waals surface area contributed by atoms with E-state index in [1.165, 1.54) is 23.8 Å². The number of allylic oxidation sites excluding steroid dienone is 1. The van der Waals surface area contributed by atoms with Crippen LogP contribution in [0.15, 0.2) is 64.7 Å². The summed E-state index contributed by atoms with van der Waals surface area (Å²) in [5.41, 5.74) is -1.44. The van der Waals surface area contributed by atoms with Crippen molar-refractivity contribution in [3.05, 3.63) is 97.6 Å². The lowest BCUT2D eigenvalue weighted by Gasteiger charge is -2.15. The van der Waals surface area contributed by atoms with Crippen molar-refractivity contribution >= 4 is 17.3 Å². The average Bonchev–Trinajstić information content (AvgIpc) is 2.75. The number of nitro groups is 1. The van der Waals surface area contributed by atoms with E-state index in [2.05, 4.69) is 16.9 Å². The molecule has 0 aliphatic carbocycles. The van der Waals surface area contributed by atoms with Gasteiger partial charge in [-0.2, -0.15) is 9.37 Å². The molecule has 1 heterocycles. The van der Waals surface area contributed by atoms with E-state index in [0.717, 1.165) is 16.7 Å². The number of hydrogen-bond acceptors (Lipinski definition) is 7. The molecule has 160 valence electrons. The van der Waals surface area contributed by atoms with E-state index >= 15 is 0 Å². The Balaban J connectivity index is 2.09. The lowest BCUT2D eigenvalue weighted by molar-refractivity contribution is -0.387. The molecule has 0 spiro atoms. The van der Waals surface area contributed by atoms with E-state index in [9.17, 15) is 24.1 Å². The highest BCUT2D eigenvalue weighted by molar-refractivity contribution is 5.58. The van der Waals surface area contributed by atoms with Crippen molar-refractivity contribution in [3.8, 4) is 5.75 Å². The molecule has 1 N–H and O–H groups in total. The predicted octanol–water partition coefficient (Wildman–Crippen LogP) is 2.44. The first kappa shape index (κ1) is 21.4. The standard InChI is InChI=1S/C20H18FN5O5/c1-3-10-24-19(27)23-18(22-14-6-9-16(21)17(11-14)26(29)30)25(20(24)28)12-13-4-7-15(31-2)8-5-13/h3-9,11H,1,10,12H2,2H3,(H,22,23,27). The quantitative estimate of drug-likeness (QED) is 0.333. The number of rotatable bonds is 8. The van der Waals surface area contributed by atoms with Crippen molar-refractivity contribution < 1.29 is 14.1 Å². The fourth-order valence-electron chi connectivity index (χ4n) is 2.83. The number of anilines is 2. The predicted molar refractivity (Wildman–Crippen MR) is 111 cm³/mol. The molecular formula is C20H18FN5O5. The van der Waals surface area contributed by atoms with Gasteiger partial charge < -0.3 is 10.1 Å². The van der Waals surface area contributed by atoms with Gasteiger partial charge in [0.25, 0.3) is 0 Å². The Bertz CT molecular complexity index is 1250. The minimum Gasteiger partial charge on any atom is -0.497 e. The highest BCUT2D eigenvalue weighted by Gasteiger charge is 2.17. The third-order valence-corrected chi connectivity index (χ3v) is 4.36. The molecule has 2 aromatic carbocycles. The molecule has 0 amide bonds. The van der Waals surface area contributed by atoms with Crippen molar-refractivity contribution in [2.75, 3.05) is 12.4 Å². The number of halogens is 1. The molecule has 0 bridgehead atoms. The summed E-state index contributed by atoms with van der Waals surface area (Å²) < 4.78 is 20.9. The first-order chi connectivity index (χ1) is 14.8. The zero-order chi connectivity index (χ0) is 22.5. The molecule has 1 aromatic heterocycles. The SMILES string of the molecule is C=CCn1c(=O)nc(Nc2ccc(F)c([N+](=O)[O-])c2)n(Cc2ccc(OC)cc2)c1=O. The first-order valence-electron chi connectivity index (χ1n) is 9.00. The summed E-state index contributed by atoms with van der Waals surface area (Å²) in [7, 11) is 1.53. The molecule has 0 atom stereocenters. The number of ether oxygens (including phenoxy) is 1. The highest BCUT2D eigenvalue weighted by atomic mass is 19.1. The van der Waals surface area contributed by atoms with Crippen LogP contribution in [0.4, 0.5) is 21.7 Å². The van der Waals surface area contributed by atoms with Crippen molar-refractivity contribution in [1.82, 2.24) is 14.1 Å². The molecule has 31 heavy (non-hydrogen) atoms. The second kappa shape index (κ2) is 9.03. The van der Waals surface area contributed by atoms with E-state index in [1.54, 1.807) is 24.3 Å². The highest BCUT2D eigenvalue weighted by Crippen LogP contribution is 2.23. The molecule has 0 saturated carbocycles. The summed E-state index contributed by atoms with van der Waals surface area (Å²) in [4.78, 5) is 39.3. The van der Waals surface area contributed by atoms with Gasteiger partial charge in [-0.3, -0.25) is 14.7 Å². The van der Waals surface area contributed by atoms with E-state index in [4.69, 9.17) is 4.74 Å². The van der Waals surface area contributed by atoms with Crippen LogP contribution in [0.5, 0.6) is 5.75 Å². The second-order valence-corrected chi connectivity index (χ2v) is 6.38. The lowest BCUT2D eigenvalue weighted by Crippen LogP contribution is -2.42. The van der Waals surface area contributed by atoms with Crippen molar-refractivity contribution in [2.24, 2.45) is 0 Å². The Kier molecular flexibility index (Phi) is 6.24. The van der Waals surface area contributed by atoms with Crippen LogP contribution >= 0.6 is 0 Å². The molecule has 0 aliphatic heterocycles. The molecule has 0 saturated heterocycles. The third kappa shape index (κ3) is 4.66. The van der Waals surface area contributed by atoms with Gasteiger partial charge in [0.15, 0.2) is 0 Å². The molecule has 11 heteroatoms. The Morgan fingerprint density at radius 3 is 2.55 bits per heavy atom. The van der Waals surface area contributed by atoms with E-state index in [0.29, 0.717) is 11.3 Å². The number of nitrogens with zero attached hydrogens (tertiary/aromatic N) is 4. The maximum absolute atomic E-state index is 13.6. The van der Waals surface area contributed by atoms with Crippen LogP contribution in [0.3, 0.4) is 0 Å². The summed E-state index contributed by atoms with van der Waals surface area (Å²) in [5.74, 6) is -0.532. The molecule has 0 unspecified atom stereocenters. The van der Waals surface area contributed by atoms with Crippen LogP contribution in [0.1, 0.15) is 5.56 Å². The van der Waals surface area contributed by atoms with Crippen molar-refractivity contribution in [3.63, 3.8) is 0 Å². The summed E-state index contributed by atoms with van der Waals surface area (Å²) in [6.07, 6.45) is 1.39. The maximum Gasteiger partial charge on any atom is 0.355 e. The maximum atomic E-state index is 13.6. The normalized spacial score (nSPS) is 10.5. The summed E-state index contributed by atoms with van der Waals surface area (Å²) in [6.45, 7) is 3.53. The minimum absolute atomic E-state index is 0.0405. The third-order valence-electron chi connectivity index (χ3n) is 4.36. The Morgan fingerprint density at radius 2 is 1.94 bits per heavy atom. The van der Waals surface area contributed by atoms with Crippen LogP contribution in [-0.2, 0) is 13.1 Å². The van der Waals surface area contributed by atoms with Crippen LogP contribution < -0.4 is 21.4 Å². The number of nitrogens with one attached hydrogen (secondary N) is 1. The minimum atomic E-state index is -1.01. The lowest BCUT2D eigenvalue weighted by atomic mass is 10.2. The van der Waals surface area contributed by atoms with Crippen LogP contribution in [0.25, 0.3) is 0 Å².